The Kier molecular flexibility index (Phi) is 13.6. The van der Waals surface area contributed by atoms with Crippen molar-refractivity contribution in [3.05, 3.63) is 83.2 Å². The topological polar surface area (TPSA) is 82.6 Å². The number of likely N-dealkylation sites (N-methyl/N-ethyl adjacent to an activating group) is 2. The van der Waals surface area contributed by atoms with Crippen LogP contribution in [0.5, 0.6) is 5.75 Å². The number of carbonyl (C=O) groups is 1. The summed E-state index contributed by atoms with van der Waals surface area (Å²) in [7, 11) is 7.74. The van der Waals surface area contributed by atoms with E-state index in [0.29, 0.717) is 29.0 Å². The second-order valence-electron chi connectivity index (χ2n) is 13.2. The first-order valence-electron chi connectivity index (χ1n) is 17.6. The molecule has 1 heterocycles. The van der Waals surface area contributed by atoms with E-state index >= 15 is 0 Å². The summed E-state index contributed by atoms with van der Waals surface area (Å²) < 4.78 is 5.87. The monoisotopic (exact) mass is 652 g/mol. The van der Waals surface area contributed by atoms with Gasteiger partial charge in [-0.3, -0.25) is 4.79 Å². The molecule has 3 aromatic rings. The minimum atomic E-state index is -0.284. The first-order valence-corrected chi connectivity index (χ1v) is 17.6. The molecular weight excluding hydrogens is 596 g/mol. The molecule has 0 bridgehead atoms. The summed E-state index contributed by atoms with van der Waals surface area (Å²) in [4.78, 5) is 26.8. The number of aromatic nitrogens is 2. The normalized spacial score (nSPS) is 14.7. The van der Waals surface area contributed by atoms with Gasteiger partial charge in [-0.15, -0.1) is 0 Å². The van der Waals surface area contributed by atoms with Gasteiger partial charge in [-0.05, 0) is 99.9 Å². The van der Waals surface area contributed by atoms with Crippen LogP contribution in [0, 0.1) is 5.92 Å². The first kappa shape index (κ1) is 36.7. The van der Waals surface area contributed by atoms with Crippen LogP contribution in [0.2, 0.25) is 0 Å². The Hall–Kier alpha value is -4.17. The number of hydrogen-bond acceptors (Lipinski definition) is 7. The van der Waals surface area contributed by atoms with E-state index < -0.39 is 0 Å². The summed E-state index contributed by atoms with van der Waals surface area (Å²) in [5.41, 5.74) is 9.66. The maximum absolute atomic E-state index is 12.5. The van der Waals surface area contributed by atoms with E-state index in [2.05, 4.69) is 72.1 Å². The molecule has 2 aromatic carbocycles. The van der Waals surface area contributed by atoms with E-state index in [1.165, 1.54) is 42.0 Å². The van der Waals surface area contributed by atoms with Crippen LogP contribution in [-0.4, -0.2) is 62.1 Å². The lowest BCUT2D eigenvalue weighted by atomic mass is 9.86. The van der Waals surface area contributed by atoms with E-state index in [0.717, 1.165) is 74.1 Å². The summed E-state index contributed by atoms with van der Waals surface area (Å²) in [6.07, 6.45) is 15.8. The number of nitrogens with zero attached hydrogens (tertiary/aromatic N) is 4. The molecule has 8 nitrogen and oxygen atoms in total. The van der Waals surface area contributed by atoms with Crippen LogP contribution < -0.4 is 20.3 Å². The number of unbranched alkanes of at least 4 members (excludes halogenated alkanes) is 2. The lowest BCUT2D eigenvalue weighted by Gasteiger charge is -2.26. The molecule has 0 spiro atoms. The van der Waals surface area contributed by atoms with Crippen LogP contribution in [0.3, 0.4) is 0 Å². The highest BCUT2D eigenvalue weighted by Gasteiger charge is 2.23. The minimum Gasteiger partial charge on any atom is -0.494 e. The number of anilines is 4. The summed E-state index contributed by atoms with van der Waals surface area (Å²) in [6, 6.07) is 10.6. The maximum Gasteiger partial charge on any atom is 0.247 e. The van der Waals surface area contributed by atoms with Gasteiger partial charge in [-0.25, -0.2) is 9.97 Å². The molecule has 2 N–H and O–H groups in total. The zero-order valence-corrected chi connectivity index (χ0v) is 30.3. The second-order valence-corrected chi connectivity index (χ2v) is 13.2. The van der Waals surface area contributed by atoms with Crippen molar-refractivity contribution in [3.8, 4) is 5.75 Å². The van der Waals surface area contributed by atoms with Crippen LogP contribution in [0.4, 0.5) is 23.0 Å². The summed E-state index contributed by atoms with van der Waals surface area (Å²) in [5, 5.41) is 6.44. The van der Waals surface area contributed by atoms with Crippen molar-refractivity contribution in [2.75, 3.05) is 56.9 Å². The van der Waals surface area contributed by atoms with Gasteiger partial charge in [-0.1, -0.05) is 64.0 Å². The number of aryl methyl sites for hydroxylation is 2. The molecule has 1 aliphatic carbocycles. The fraction of sp³-hybridized carbons (Fsp3) is 0.475. The highest BCUT2D eigenvalue weighted by Crippen LogP contribution is 2.39. The third kappa shape index (κ3) is 9.25. The number of amides is 1. The number of allylic oxidation sites excluding steroid dienone is 1. The lowest BCUT2D eigenvalue weighted by molar-refractivity contribution is -0.111. The molecule has 1 atom stereocenters. The molecule has 1 unspecified atom stereocenters. The average Bonchev–Trinajstić information content (AvgIpc) is 3.31. The highest BCUT2D eigenvalue weighted by atomic mass is 16.5. The standard InChI is InChI=1S/C40H56N6O2/c1-9-13-14-18-30-27-41-40(44-39(30)31(11-3)32-21-16-20-29-19-15-17-28(10-2)24-33(29)32)43-35-25-34(42-38(47)12-4)36(26-37(35)48-8)46(7)23-22-45(5)6/h11-12,16,20-21,25-28H,4,9-10,13-15,17-19,22-24H2,1-3,5-8H3,(H,42,47)(H,41,43,44). The van der Waals surface area contributed by atoms with Gasteiger partial charge in [-0.2, -0.15) is 0 Å². The van der Waals surface area contributed by atoms with Gasteiger partial charge in [0.05, 0.1) is 29.9 Å². The maximum atomic E-state index is 12.5. The van der Waals surface area contributed by atoms with Gasteiger partial charge >= 0.3 is 0 Å². The van der Waals surface area contributed by atoms with Gasteiger partial charge in [0.1, 0.15) is 5.75 Å². The molecule has 1 amide bonds. The van der Waals surface area contributed by atoms with E-state index in [-0.39, 0.29) is 5.91 Å². The van der Waals surface area contributed by atoms with E-state index in [1.54, 1.807) is 7.11 Å². The van der Waals surface area contributed by atoms with Crippen molar-refractivity contribution in [2.24, 2.45) is 5.92 Å². The van der Waals surface area contributed by atoms with Crippen LogP contribution in [0.25, 0.3) is 5.57 Å². The average molecular weight is 653 g/mol. The smallest absolute Gasteiger partial charge is 0.247 e. The molecule has 48 heavy (non-hydrogen) atoms. The number of ether oxygens (including phenoxy) is 1. The molecule has 0 saturated carbocycles. The Bertz CT molecular complexity index is 1580. The summed E-state index contributed by atoms with van der Waals surface area (Å²) in [6.45, 7) is 11.9. The number of rotatable bonds is 16. The predicted octanol–water partition coefficient (Wildman–Crippen LogP) is 8.44. The van der Waals surface area contributed by atoms with E-state index in [9.17, 15) is 4.79 Å². The quantitative estimate of drug-likeness (QED) is 0.0913. The van der Waals surface area contributed by atoms with E-state index in [4.69, 9.17) is 14.7 Å². The summed E-state index contributed by atoms with van der Waals surface area (Å²) in [5.74, 6) is 1.52. The first-order chi connectivity index (χ1) is 23.2. The Morgan fingerprint density at radius 1 is 1.12 bits per heavy atom. The number of carbonyl (C=O) groups excluding carboxylic acids is 1. The molecule has 258 valence electrons. The molecular formula is C40H56N6O2. The van der Waals surface area contributed by atoms with Crippen molar-refractivity contribution < 1.29 is 9.53 Å². The van der Waals surface area contributed by atoms with Gasteiger partial charge in [0.2, 0.25) is 11.9 Å². The molecule has 8 heteroatoms. The molecule has 1 aliphatic rings. The van der Waals surface area contributed by atoms with Crippen LogP contribution in [-0.2, 0) is 24.1 Å². The number of benzene rings is 2. The van der Waals surface area contributed by atoms with Crippen molar-refractivity contribution >= 4 is 34.5 Å². The Morgan fingerprint density at radius 2 is 1.94 bits per heavy atom. The zero-order valence-electron chi connectivity index (χ0n) is 30.3. The fourth-order valence-electron chi connectivity index (χ4n) is 6.58. The molecule has 1 aromatic heterocycles. The largest absolute Gasteiger partial charge is 0.494 e. The molecule has 0 radical (unpaired) electrons. The lowest BCUT2D eigenvalue weighted by Crippen LogP contribution is -2.29. The predicted molar refractivity (Wildman–Crippen MR) is 202 cm³/mol. The Morgan fingerprint density at radius 3 is 2.62 bits per heavy atom. The van der Waals surface area contributed by atoms with Gasteiger partial charge in [0, 0.05) is 38.0 Å². The third-order valence-corrected chi connectivity index (χ3v) is 9.45. The minimum absolute atomic E-state index is 0.284. The van der Waals surface area contributed by atoms with Crippen molar-refractivity contribution in [3.63, 3.8) is 0 Å². The van der Waals surface area contributed by atoms with Gasteiger partial charge in [0.25, 0.3) is 0 Å². The third-order valence-electron chi connectivity index (χ3n) is 9.45. The van der Waals surface area contributed by atoms with Crippen LogP contribution in [0.1, 0.15) is 87.2 Å². The van der Waals surface area contributed by atoms with Crippen LogP contribution >= 0.6 is 0 Å². The highest BCUT2D eigenvalue weighted by molar-refractivity contribution is 6.02. The Labute approximate surface area is 288 Å². The van der Waals surface area contributed by atoms with Crippen molar-refractivity contribution in [1.29, 1.82) is 0 Å². The van der Waals surface area contributed by atoms with Crippen LogP contribution in [0.15, 0.2) is 55.3 Å². The zero-order chi connectivity index (χ0) is 34.6. The number of fused-ring (bicyclic) bond motifs is 1. The Balaban J connectivity index is 1.79. The van der Waals surface area contributed by atoms with Gasteiger partial charge in [0.15, 0.2) is 0 Å². The fourth-order valence-corrected chi connectivity index (χ4v) is 6.58. The molecule has 0 fully saturated rings. The molecule has 4 rings (SSSR count). The number of hydrogen-bond donors (Lipinski definition) is 2. The van der Waals surface area contributed by atoms with Gasteiger partial charge < -0.3 is 25.2 Å². The molecule has 0 aliphatic heterocycles. The SMILES string of the molecule is C=CC(=O)Nc1cc(Nc2ncc(CCCCC)c(C(=CC)c3cccc4c3CC(CC)CCC4)n2)c(OC)cc1N(C)CCN(C)C. The summed E-state index contributed by atoms with van der Waals surface area (Å²) >= 11 is 0. The van der Waals surface area contributed by atoms with Crippen molar-refractivity contribution in [1.82, 2.24) is 14.9 Å². The van der Waals surface area contributed by atoms with Crippen molar-refractivity contribution in [2.45, 2.75) is 78.6 Å². The molecule has 0 saturated heterocycles. The van der Waals surface area contributed by atoms with E-state index in [1.807, 2.05) is 39.5 Å². The second kappa shape index (κ2) is 17.8. The number of methoxy groups -OCH3 is 1. The number of nitrogens with one attached hydrogen (secondary N) is 2.